The van der Waals surface area contributed by atoms with E-state index in [2.05, 4.69) is 20.3 Å². The van der Waals surface area contributed by atoms with Crippen LogP contribution in [0.2, 0.25) is 0 Å². The van der Waals surface area contributed by atoms with Gasteiger partial charge < -0.3 is 15.0 Å². The lowest BCUT2D eigenvalue weighted by Gasteiger charge is -2.09. The molecule has 110 valence electrons. The number of ether oxygens (including phenoxy) is 1. The Morgan fingerprint density at radius 1 is 1.27 bits per heavy atom. The number of benzene rings is 1. The van der Waals surface area contributed by atoms with Gasteiger partial charge in [-0.15, -0.1) is 0 Å². The molecule has 1 amide bonds. The Hall–Kier alpha value is -3.29. The lowest BCUT2D eigenvalue weighted by atomic mass is 10.3. The van der Waals surface area contributed by atoms with Crippen molar-refractivity contribution in [3.05, 3.63) is 52.8 Å². The number of carbonyl (C=O) groups excluding carboxylic acids is 1. The third kappa shape index (κ3) is 2.62. The number of aromatic amines is 1. The molecule has 0 bridgehead atoms. The van der Waals surface area contributed by atoms with E-state index in [1.165, 1.54) is 18.3 Å². The van der Waals surface area contributed by atoms with Crippen LogP contribution >= 0.6 is 0 Å². The molecular formula is C14H9FN4O3. The molecular weight excluding hydrogens is 291 g/mol. The molecule has 0 spiro atoms. The third-order valence-electron chi connectivity index (χ3n) is 2.82. The number of halogens is 1. The van der Waals surface area contributed by atoms with Crippen molar-refractivity contribution in [3.8, 4) is 11.5 Å². The fraction of sp³-hybridized carbons (Fsp3) is 0. The van der Waals surface area contributed by atoms with Crippen LogP contribution in [0.3, 0.4) is 0 Å². The van der Waals surface area contributed by atoms with Gasteiger partial charge in [0.15, 0.2) is 11.4 Å². The molecule has 2 aromatic heterocycles. The van der Waals surface area contributed by atoms with Gasteiger partial charge in [0, 0.05) is 18.3 Å². The molecule has 0 saturated carbocycles. The molecule has 0 aliphatic heterocycles. The number of H-pyrrole nitrogens is 1. The quantitative estimate of drug-likeness (QED) is 0.716. The summed E-state index contributed by atoms with van der Waals surface area (Å²) in [4.78, 5) is 32.0. The number of fused-ring (bicyclic) bond motifs is 1. The summed E-state index contributed by atoms with van der Waals surface area (Å²) in [7, 11) is 0. The molecule has 8 heteroatoms. The normalized spacial score (nSPS) is 10.4. The number of nitrogens with one attached hydrogen (secondary N) is 2. The largest absolute Gasteiger partial charge is 0.455 e. The van der Waals surface area contributed by atoms with Crippen molar-refractivity contribution in [3.63, 3.8) is 0 Å². The minimum atomic E-state index is -0.635. The number of rotatable bonds is 4. The van der Waals surface area contributed by atoms with Crippen molar-refractivity contribution in [2.45, 2.75) is 0 Å². The number of hydrogen-bond acceptors (Lipinski definition) is 5. The summed E-state index contributed by atoms with van der Waals surface area (Å²) in [5, 5.41) is 2.23. The smallest absolute Gasteiger partial charge is 0.268 e. The molecule has 2 N–H and O–H groups in total. The van der Waals surface area contributed by atoms with Crippen molar-refractivity contribution in [1.29, 1.82) is 0 Å². The minimum absolute atomic E-state index is 0.0457. The van der Waals surface area contributed by atoms with Crippen LogP contribution in [0, 0.1) is 5.82 Å². The van der Waals surface area contributed by atoms with Crippen LogP contribution in [0.4, 0.5) is 10.1 Å². The van der Waals surface area contributed by atoms with Crippen LogP contribution in [0.1, 0.15) is 0 Å². The van der Waals surface area contributed by atoms with E-state index >= 15 is 0 Å². The standard InChI is InChI=1S/C14H9FN4O3/c15-9-5-8(1-2-10(9)18-7-20)22-11-3-4-16-14-13(11)17-6-12(21)19-14/h1-7H,(H,18,20)(H,16,19,21). The summed E-state index contributed by atoms with van der Waals surface area (Å²) in [5.41, 5.74) is 0.277. The Balaban J connectivity index is 1.98. The molecule has 0 aliphatic carbocycles. The van der Waals surface area contributed by atoms with Gasteiger partial charge in [-0.05, 0) is 12.1 Å². The molecule has 0 fully saturated rings. The van der Waals surface area contributed by atoms with Gasteiger partial charge in [0.1, 0.15) is 17.1 Å². The van der Waals surface area contributed by atoms with Crippen LogP contribution in [0.5, 0.6) is 11.5 Å². The van der Waals surface area contributed by atoms with E-state index in [4.69, 9.17) is 4.74 Å². The first-order valence-electron chi connectivity index (χ1n) is 6.19. The zero-order valence-corrected chi connectivity index (χ0v) is 11.0. The van der Waals surface area contributed by atoms with Crippen LogP contribution < -0.4 is 15.6 Å². The highest BCUT2D eigenvalue weighted by atomic mass is 19.1. The fourth-order valence-electron chi connectivity index (χ4n) is 1.87. The van der Waals surface area contributed by atoms with Crippen molar-refractivity contribution < 1.29 is 13.9 Å². The Kier molecular flexibility index (Phi) is 3.48. The summed E-state index contributed by atoms with van der Waals surface area (Å²) < 4.78 is 19.3. The van der Waals surface area contributed by atoms with E-state index < -0.39 is 5.82 Å². The van der Waals surface area contributed by atoms with Crippen LogP contribution in [-0.4, -0.2) is 21.4 Å². The average Bonchev–Trinajstić information content (AvgIpc) is 2.50. The Morgan fingerprint density at radius 3 is 2.91 bits per heavy atom. The Labute approximate surface area is 122 Å². The van der Waals surface area contributed by atoms with Crippen molar-refractivity contribution in [2.75, 3.05) is 5.32 Å². The third-order valence-corrected chi connectivity index (χ3v) is 2.82. The van der Waals surface area contributed by atoms with E-state index in [1.807, 2.05) is 0 Å². The van der Waals surface area contributed by atoms with Gasteiger partial charge in [0.05, 0.1) is 11.9 Å². The molecule has 2 heterocycles. The van der Waals surface area contributed by atoms with Crippen molar-refractivity contribution in [1.82, 2.24) is 15.0 Å². The van der Waals surface area contributed by atoms with Crippen molar-refractivity contribution in [2.24, 2.45) is 0 Å². The van der Waals surface area contributed by atoms with E-state index in [1.54, 1.807) is 6.07 Å². The summed E-state index contributed by atoms with van der Waals surface area (Å²) in [6.45, 7) is 0. The molecule has 0 aliphatic rings. The summed E-state index contributed by atoms with van der Waals surface area (Å²) in [5.74, 6) is -0.101. The maximum Gasteiger partial charge on any atom is 0.268 e. The first-order valence-corrected chi connectivity index (χ1v) is 6.19. The molecule has 3 rings (SSSR count). The summed E-state index contributed by atoms with van der Waals surface area (Å²) in [6.07, 6.45) is 2.93. The van der Waals surface area contributed by atoms with Gasteiger partial charge in [-0.1, -0.05) is 0 Å². The SMILES string of the molecule is O=CNc1ccc(Oc2ccnc3[nH]c(=O)cnc23)cc1F. The number of aromatic nitrogens is 3. The van der Waals surface area contributed by atoms with E-state index in [0.29, 0.717) is 17.7 Å². The van der Waals surface area contributed by atoms with Gasteiger partial charge >= 0.3 is 0 Å². The topological polar surface area (TPSA) is 97.0 Å². The van der Waals surface area contributed by atoms with Gasteiger partial charge in [0.25, 0.3) is 5.56 Å². The van der Waals surface area contributed by atoms with Crippen LogP contribution in [0.25, 0.3) is 11.2 Å². The predicted octanol–water partition coefficient (Wildman–Crippen LogP) is 1.82. The molecule has 0 atom stereocenters. The zero-order chi connectivity index (χ0) is 15.5. The first-order chi connectivity index (χ1) is 10.7. The lowest BCUT2D eigenvalue weighted by molar-refractivity contribution is -0.105. The number of anilines is 1. The lowest BCUT2D eigenvalue weighted by Crippen LogP contribution is -2.06. The van der Waals surface area contributed by atoms with Crippen LogP contribution in [0.15, 0.2) is 41.5 Å². The number of hydrogen-bond donors (Lipinski definition) is 2. The molecule has 0 unspecified atom stereocenters. The Morgan fingerprint density at radius 2 is 2.14 bits per heavy atom. The summed E-state index contributed by atoms with van der Waals surface area (Å²) >= 11 is 0. The fourth-order valence-corrected chi connectivity index (χ4v) is 1.87. The highest BCUT2D eigenvalue weighted by Gasteiger charge is 2.09. The second-order valence-corrected chi connectivity index (χ2v) is 4.26. The monoisotopic (exact) mass is 300 g/mol. The molecule has 7 nitrogen and oxygen atoms in total. The predicted molar refractivity (Wildman–Crippen MR) is 76.3 cm³/mol. The summed E-state index contributed by atoms with van der Waals surface area (Å²) in [6, 6.07) is 5.54. The molecule has 0 radical (unpaired) electrons. The number of amides is 1. The average molecular weight is 300 g/mol. The highest BCUT2D eigenvalue weighted by molar-refractivity contribution is 5.77. The molecule has 22 heavy (non-hydrogen) atoms. The van der Waals surface area contributed by atoms with Gasteiger partial charge in [-0.2, -0.15) is 0 Å². The minimum Gasteiger partial charge on any atom is -0.455 e. The molecule has 1 aromatic carbocycles. The number of carbonyl (C=O) groups is 1. The maximum absolute atomic E-state index is 13.7. The van der Waals surface area contributed by atoms with E-state index in [-0.39, 0.29) is 22.6 Å². The second kappa shape index (κ2) is 5.60. The maximum atomic E-state index is 13.7. The number of pyridine rings is 1. The molecule has 0 saturated heterocycles. The van der Waals surface area contributed by atoms with Gasteiger partial charge in [-0.3, -0.25) is 9.59 Å². The van der Waals surface area contributed by atoms with E-state index in [0.717, 1.165) is 12.3 Å². The van der Waals surface area contributed by atoms with Gasteiger partial charge in [-0.25, -0.2) is 14.4 Å². The van der Waals surface area contributed by atoms with Crippen molar-refractivity contribution >= 4 is 23.3 Å². The Bertz CT molecular complexity index is 910. The zero-order valence-electron chi connectivity index (χ0n) is 11.0. The van der Waals surface area contributed by atoms with E-state index in [9.17, 15) is 14.0 Å². The van der Waals surface area contributed by atoms with Crippen LogP contribution in [-0.2, 0) is 4.79 Å². The molecule has 3 aromatic rings. The number of nitrogens with zero attached hydrogens (tertiary/aromatic N) is 2. The highest BCUT2D eigenvalue weighted by Crippen LogP contribution is 2.28. The van der Waals surface area contributed by atoms with Gasteiger partial charge in [0.2, 0.25) is 6.41 Å². The second-order valence-electron chi connectivity index (χ2n) is 4.26. The first kappa shape index (κ1) is 13.7.